The van der Waals surface area contributed by atoms with E-state index in [0.717, 1.165) is 24.2 Å². The molecule has 1 aliphatic heterocycles. The van der Waals surface area contributed by atoms with Crippen LogP contribution in [0.15, 0.2) is 48.5 Å². The van der Waals surface area contributed by atoms with Crippen LogP contribution in [0, 0.1) is 5.82 Å². The van der Waals surface area contributed by atoms with Crippen molar-refractivity contribution >= 4 is 0 Å². The Morgan fingerprint density at radius 1 is 1.04 bits per heavy atom. The Bertz CT molecular complexity index is 664. The van der Waals surface area contributed by atoms with Gasteiger partial charge in [0.1, 0.15) is 23.8 Å². The van der Waals surface area contributed by atoms with Crippen LogP contribution in [0.25, 0.3) is 11.1 Å². The second kappa shape index (κ2) is 7.95. The minimum atomic E-state index is -0.924. The quantitative estimate of drug-likeness (QED) is 0.874. The number of aliphatic hydroxyl groups is 1. The molecule has 25 heavy (non-hydrogen) atoms. The van der Waals surface area contributed by atoms with E-state index in [1.54, 1.807) is 19.1 Å². The largest absolute Gasteiger partial charge is 0.491 e. The van der Waals surface area contributed by atoms with Gasteiger partial charge >= 0.3 is 0 Å². The number of halogens is 1. The molecule has 0 aromatic heterocycles. The first-order valence-electron chi connectivity index (χ1n) is 8.53. The van der Waals surface area contributed by atoms with Crippen LogP contribution in [-0.4, -0.2) is 55.1 Å². The van der Waals surface area contributed by atoms with Crippen LogP contribution in [0.2, 0.25) is 0 Å². The van der Waals surface area contributed by atoms with E-state index < -0.39 is 5.60 Å². The Labute approximate surface area is 147 Å². The van der Waals surface area contributed by atoms with Crippen molar-refractivity contribution in [2.45, 2.75) is 12.5 Å². The monoisotopic (exact) mass is 345 g/mol. The van der Waals surface area contributed by atoms with Gasteiger partial charge < -0.3 is 14.6 Å². The third-order valence-electron chi connectivity index (χ3n) is 4.25. The summed E-state index contributed by atoms with van der Waals surface area (Å²) in [7, 11) is 0. The van der Waals surface area contributed by atoms with Crippen molar-refractivity contribution in [3.05, 3.63) is 54.3 Å². The van der Waals surface area contributed by atoms with Crippen LogP contribution in [0.4, 0.5) is 4.39 Å². The Kier molecular flexibility index (Phi) is 5.68. The molecule has 4 nitrogen and oxygen atoms in total. The summed E-state index contributed by atoms with van der Waals surface area (Å²) >= 11 is 0. The summed E-state index contributed by atoms with van der Waals surface area (Å²) in [6.07, 6.45) is 0. The molecule has 134 valence electrons. The fraction of sp³-hybridized carbons (Fsp3) is 0.400. The Morgan fingerprint density at radius 2 is 1.60 bits per heavy atom. The predicted molar refractivity (Wildman–Crippen MR) is 95.2 cm³/mol. The number of nitrogens with zero attached hydrogens (tertiary/aromatic N) is 1. The average molecular weight is 345 g/mol. The van der Waals surface area contributed by atoms with Crippen molar-refractivity contribution in [3.8, 4) is 16.9 Å². The standard InChI is InChI=1S/C20H24FNO3/c1-20(23,14-22-10-12-24-13-11-22)15-25-19-8-4-17(5-9-19)16-2-6-18(21)7-3-16/h2-9,23H,10-15H2,1H3. The normalized spacial score (nSPS) is 17.9. The molecule has 0 saturated carbocycles. The highest BCUT2D eigenvalue weighted by molar-refractivity contribution is 5.63. The summed E-state index contributed by atoms with van der Waals surface area (Å²) in [6.45, 7) is 5.66. The molecule has 2 aromatic rings. The lowest BCUT2D eigenvalue weighted by atomic mass is 10.1. The van der Waals surface area contributed by atoms with Crippen molar-refractivity contribution in [1.29, 1.82) is 0 Å². The zero-order valence-corrected chi connectivity index (χ0v) is 14.5. The molecule has 1 N–H and O–H groups in total. The van der Waals surface area contributed by atoms with Gasteiger partial charge in [0.05, 0.1) is 13.2 Å². The van der Waals surface area contributed by atoms with Gasteiger partial charge in [0.15, 0.2) is 0 Å². The van der Waals surface area contributed by atoms with Crippen LogP contribution in [0.3, 0.4) is 0 Å². The molecule has 0 bridgehead atoms. The lowest BCUT2D eigenvalue weighted by molar-refractivity contribution is -0.0435. The first-order chi connectivity index (χ1) is 12.0. The highest BCUT2D eigenvalue weighted by Gasteiger charge is 2.26. The minimum Gasteiger partial charge on any atom is -0.491 e. The van der Waals surface area contributed by atoms with Crippen molar-refractivity contribution in [2.24, 2.45) is 0 Å². The second-order valence-corrected chi connectivity index (χ2v) is 6.71. The number of rotatable bonds is 6. The number of β-amino-alcohol motifs (C(OH)–C–C–N with tert-alkyl or cyclic N) is 1. The lowest BCUT2D eigenvalue weighted by Crippen LogP contribution is -2.48. The van der Waals surface area contributed by atoms with Crippen LogP contribution in [-0.2, 0) is 4.74 Å². The molecule has 5 heteroatoms. The van der Waals surface area contributed by atoms with E-state index in [-0.39, 0.29) is 12.4 Å². The molecule has 2 aromatic carbocycles. The topological polar surface area (TPSA) is 41.9 Å². The fourth-order valence-electron chi connectivity index (χ4n) is 2.91. The molecule has 0 aliphatic carbocycles. The number of hydrogen-bond donors (Lipinski definition) is 1. The maximum absolute atomic E-state index is 13.0. The maximum Gasteiger partial charge on any atom is 0.123 e. The van der Waals surface area contributed by atoms with Gasteiger partial charge in [-0.1, -0.05) is 24.3 Å². The summed E-state index contributed by atoms with van der Waals surface area (Å²) in [6, 6.07) is 14.0. The van der Waals surface area contributed by atoms with Gasteiger partial charge in [-0.05, 0) is 42.3 Å². The highest BCUT2D eigenvalue weighted by atomic mass is 19.1. The second-order valence-electron chi connectivity index (χ2n) is 6.71. The Balaban J connectivity index is 1.54. The van der Waals surface area contributed by atoms with Gasteiger partial charge in [-0.25, -0.2) is 4.39 Å². The highest BCUT2D eigenvalue weighted by Crippen LogP contribution is 2.23. The molecule has 1 heterocycles. The van der Waals surface area contributed by atoms with Crippen molar-refractivity contribution in [2.75, 3.05) is 39.5 Å². The SMILES string of the molecule is CC(O)(COc1ccc(-c2ccc(F)cc2)cc1)CN1CCOCC1. The molecular formula is C20H24FNO3. The van der Waals surface area contributed by atoms with Crippen molar-refractivity contribution in [3.63, 3.8) is 0 Å². The Morgan fingerprint density at radius 3 is 2.20 bits per heavy atom. The summed E-state index contributed by atoms with van der Waals surface area (Å²) < 4.78 is 24.1. The van der Waals surface area contributed by atoms with Crippen molar-refractivity contribution in [1.82, 2.24) is 4.90 Å². The van der Waals surface area contributed by atoms with Crippen molar-refractivity contribution < 1.29 is 19.0 Å². The summed E-state index contributed by atoms with van der Waals surface area (Å²) in [5.41, 5.74) is 1.02. The van der Waals surface area contributed by atoms with E-state index in [4.69, 9.17) is 9.47 Å². The third kappa shape index (κ3) is 5.26. The zero-order valence-electron chi connectivity index (χ0n) is 14.5. The van der Waals surface area contributed by atoms with Gasteiger partial charge in [0, 0.05) is 19.6 Å². The molecule has 1 saturated heterocycles. The zero-order chi connectivity index (χ0) is 17.7. The van der Waals surface area contributed by atoms with E-state index in [9.17, 15) is 9.50 Å². The van der Waals surface area contributed by atoms with E-state index in [1.807, 2.05) is 24.3 Å². The molecular weight excluding hydrogens is 321 g/mol. The summed E-state index contributed by atoms with van der Waals surface area (Å²) in [5.74, 6) is 0.458. The van der Waals surface area contributed by atoms with E-state index in [1.165, 1.54) is 12.1 Å². The predicted octanol–water partition coefficient (Wildman–Crippen LogP) is 2.95. The summed E-state index contributed by atoms with van der Waals surface area (Å²) in [4.78, 5) is 2.19. The minimum absolute atomic E-state index is 0.222. The lowest BCUT2D eigenvalue weighted by Gasteiger charge is -2.33. The van der Waals surface area contributed by atoms with E-state index in [0.29, 0.717) is 25.5 Å². The fourth-order valence-corrected chi connectivity index (χ4v) is 2.91. The molecule has 1 atom stereocenters. The van der Waals surface area contributed by atoms with Gasteiger partial charge in [0.25, 0.3) is 0 Å². The van der Waals surface area contributed by atoms with E-state index in [2.05, 4.69) is 4.90 Å². The van der Waals surface area contributed by atoms with Gasteiger partial charge in [-0.3, -0.25) is 4.90 Å². The van der Waals surface area contributed by atoms with Crippen LogP contribution in [0.1, 0.15) is 6.92 Å². The molecule has 0 radical (unpaired) electrons. The Hall–Kier alpha value is -1.95. The van der Waals surface area contributed by atoms with Gasteiger partial charge in [-0.15, -0.1) is 0 Å². The number of hydrogen-bond acceptors (Lipinski definition) is 4. The van der Waals surface area contributed by atoms with Crippen LogP contribution < -0.4 is 4.74 Å². The molecule has 1 aliphatic rings. The molecule has 0 spiro atoms. The average Bonchev–Trinajstić information content (AvgIpc) is 2.62. The molecule has 0 amide bonds. The maximum atomic E-state index is 13.0. The van der Waals surface area contributed by atoms with Crippen LogP contribution >= 0.6 is 0 Å². The first-order valence-corrected chi connectivity index (χ1v) is 8.53. The third-order valence-corrected chi connectivity index (χ3v) is 4.25. The number of ether oxygens (including phenoxy) is 2. The summed E-state index contributed by atoms with van der Waals surface area (Å²) in [5, 5.41) is 10.5. The molecule has 1 fully saturated rings. The number of morpholine rings is 1. The van der Waals surface area contributed by atoms with Crippen LogP contribution in [0.5, 0.6) is 5.75 Å². The van der Waals surface area contributed by atoms with Gasteiger partial charge in [0.2, 0.25) is 0 Å². The van der Waals surface area contributed by atoms with Gasteiger partial charge in [-0.2, -0.15) is 0 Å². The first kappa shape index (κ1) is 17.9. The number of benzene rings is 2. The molecule has 1 unspecified atom stereocenters. The molecule has 3 rings (SSSR count). The van der Waals surface area contributed by atoms with E-state index >= 15 is 0 Å². The smallest absolute Gasteiger partial charge is 0.123 e.